The van der Waals surface area contributed by atoms with E-state index in [1.165, 1.54) is 11.8 Å². The van der Waals surface area contributed by atoms with Crippen LogP contribution in [0.3, 0.4) is 0 Å². The number of carbonyl (C=O) groups is 2. The molecule has 3 amide bonds. The molecule has 1 aliphatic heterocycles. The van der Waals surface area contributed by atoms with Gasteiger partial charge in [-0.25, -0.2) is 4.79 Å². The molecule has 1 aromatic heterocycles. The molecule has 0 aliphatic carbocycles. The van der Waals surface area contributed by atoms with Crippen LogP contribution in [0.25, 0.3) is 11.4 Å². The van der Waals surface area contributed by atoms with E-state index in [-0.39, 0.29) is 12.5 Å². The summed E-state index contributed by atoms with van der Waals surface area (Å²) in [5.41, 5.74) is 1.36. The third-order valence-electron chi connectivity index (χ3n) is 4.40. The maximum atomic E-state index is 12.2. The Kier molecular flexibility index (Phi) is 5.94. The molecule has 0 fully saturated rings. The Morgan fingerprint density at radius 2 is 1.90 bits per heavy atom. The van der Waals surface area contributed by atoms with Gasteiger partial charge >= 0.3 is 6.03 Å². The first kappa shape index (κ1) is 20.5. The SMILES string of the molecule is COc1ccc(-c2nnc(SCC(=O)NC(=O)Nc3ccc4c(c3)OCO4)n2C)cc1. The lowest BCUT2D eigenvalue weighted by atomic mass is 10.2. The molecule has 0 saturated carbocycles. The van der Waals surface area contributed by atoms with Gasteiger partial charge in [-0.05, 0) is 36.4 Å². The standard InChI is InChI=1S/C20H19N5O5S/c1-25-18(12-3-6-14(28-2)7-4-12)23-24-20(25)31-10-17(26)22-19(27)21-13-5-8-15-16(9-13)30-11-29-15/h3-9H,10-11H2,1-2H3,(H2,21,22,26,27). The number of nitrogens with zero attached hydrogens (tertiary/aromatic N) is 3. The summed E-state index contributed by atoms with van der Waals surface area (Å²) in [6.45, 7) is 0.142. The second kappa shape index (κ2) is 8.96. The Bertz CT molecular complexity index is 1120. The summed E-state index contributed by atoms with van der Waals surface area (Å²) in [6, 6.07) is 11.8. The summed E-state index contributed by atoms with van der Waals surface area (Å²) in [5.74, 6) is 2.09. The van der Waals surface area contributed by atoms with Gasteiger partial charge in [0.1, 0.15) is 5.75 Å². The van der Waals surface area contributed by atoms with Crippen molar-refractivity contribution in [2.45, 2.75) is 5.16 Å². The first-order chi connectivity index (χ1) is 15.0. The van der Waals surface area contributed by atoms with E-state index in [1.807, 2.05) is 31.3 Å². The van der Waals surface area contributed by atoms with Crippen LogP contribution in [-0.2, 0) is 11.8 Å². The zero-order chi connectivity index (χ0) is 21.8. The molecule has 10 nitrogen and oxygen atoms in total. The summed E-state index contributed by atoms with van der Waals surface area (Å²) < 4.78 is 17.4. The minimum Gasteiger partial charge on any atom is -0.497 e. The number of hydrogen-bond acceptors (Lipinski definition) is 8. The number of methoxy groups -OCH3 is 1. The second-order valence-electron chi connectivity index (χ2n) is 6.45. The highest BCUT2D eigenvalue weighted by atomic mass is 32.2. The normalized spacial score (nSPS) is 11.8. The first-order valence-corrected chi connectivity index (χ1v) is 10.2. The number of ether oxygens (including phenoxy) is 3. The average molecular weight is 441 g/mol. The number of benzene rings is 2. The molecular formula is C20H19N5O5S. The molecule has 0 unspecified atom stereocenters. The molecule has 0 bridgehead atoms. The topological polar surface area (TPSA) is 117 Å². The highest BCUT2D eigenvalue weighted by Crippen LogP contribution is 2.34. The summed E-state index contributed by atoms with van der Waals surface area (Å²) in [6.07, 6.45) is 0. The van der Waals surface area contributed by atoms with E-state index in [9.17, 15) is 9.59 Å². The fourth-order valence-electron chi connectivity index (χ4n) is 2.86. The zero-order valence-corrected chi connectivity index (χ0v) is 17.6. The predicted octanol–water partition coefficient (Wildman–Crippen LogP) is 2.66. The number of rotatable bonds is 6. The number of anilines is 1. The fourth-order valence-corrected chi connectivity index (χ4v) is 3.57. The van der Waals surface area contributed by atoms with Crippen molar-refractivity contribution in [3.05, 3.63) is 42.5 Å². The molecular weight excluding hydrogens is 422 g/mol. The third kappa shape index (κ3) is 4.72. The van der Waals surface area contributed by atoms with Gasteiger partial charge in [0.2, 0.25) is 12.7 Å². The van der Waals surface area contributed by atoms with Crippen LogP contribution in [0.2, 0.25) is 0 Å². The van der Waals surface area contributed by atoms with Gasteiger partial charge in [-0.15, -0.1) is 10.2 Å². The maximum absolute atomic E-state index is 12.2. The van der Waals surface area contributed by atoms with E-state index < -0.39 is 11.9 Å². The Labute approximate surface area is 181 Å². The van der Waals surface area contributed by atoms with Crippen molar-refractivity contribution < 1.29 is 23.8 Å². The molecule has 2 aromatic carbocycles. The van der Waals surface area contributed by atoms with Crippen molar-refractivity contribution in [2.24, 2.45) is 7.05 Å². The van der Waals surface area contributed by atoms with Crippen molar-refractivity contribution in [3.63, 3.8) is 0 Å². The Balaban J connectivity index is 1.30. The van der Waals surface area contributed by atoms with Crippen LogP contribution in [0, 0.1) is 0 Å². The van der Waals surface area contributed by atoms with Gasteiger partial charge in [-0.3, -0.25) is 10.1 Å². The predicted molar refractivity (Wildman–Crippen MR) is 113 cm³/mol. The van der Waals surface area contributed by atoms with Crippen molar-refractivity contribution >= 4 is 29.4 Å². The molecule has 2 heterocycles. The van der Waals surface area contributed by atoms with Crippen molar-refractivity contribution in [1.82, 2.24) is 20.1 Å². The number of carbonyl (C=O) groups excluding carboxylic acids is 2. The zero-order valence-electron chi connectivity index (χ0n) is 16.7. The van der Waals surface area contributed by atoms with Crippen LogP contribution in [0.1, 0.15) is 0 Å². The number of thioether (sulfide) groups is 1. The number of amides is 3. The van der Waals surface area contributed by atoms with E-state index in [4.69, 9.17) is 14.2 Å². The van der Waals surface area contributed by atoms with Gasteiger partial charge in [-0.1, -0.05) is 11.8 Å². The van der Waals surface area contributed by atoms with Gasteiger partial charge in [0.05, 0.1) is 12.9 Å². The molecule has 2 N–H and O–H groups in total. The van der Waals surface area contributed by atoms with E-state index in [0.29, 0.717) is 28.2 Å². The average Bonchev–Trinajstić information content (AvgIpc) is 3.38. The largest absolute Gasteiger partial charge is 0.497 e. The van der Waals surface area contributed by atoms with Gasteiger partial charge in [0, 0.05) is 24.4 Å². The minimum atomic E-state index is -0.638. The van der Waals surface area contributed by atoms with Crippen LogP contribution in [0.4, 0.5) is 10.5 Å². The Morgan fingerprint density at radius 3 is 2.68 bits per heavy atom. The molecule has 11 heteroatoms. The van der Waals surface area contributed by atoms with Crippen molar-refractivity contribution in [3.8, 4) is 28.6 Å². The fraction of sp³-hybridized carbons (Fsp3) is 0.200. The van der Waals surface area contributed by atoms with Gasteiger partial charge in [0.15, 0.2) is 22.5 Å². The smallest absolute Gasteiger partial charge is 0.325 e. The van der Waals surface area contributed by atoms with Crippen LogP contribution in [0.5, 0.6) is 17.2 Å². The number of fused-ring (bicyclic) bond motifs is 1. The van der Waals surface area contributed by atoms with E-state index in [0.717, 1.165) is 11.3 Å². The monoisotopic (exact) mass is 441 g/mol. The van der Waals surface area contributed by atoms with Crippen LogP contribution in [-0.4, -0.2) is 46.4 Å². The van der Waals surface area contributed by atoms with Crippen LogP contribution < -0.4 is 24.8 Å². The minimum absolute atomic E-state index is 0.00312. The summed E-state index contributed by atoms with van der Waals surface area (Å²) in [7, 11) is 3.42. The highest BCUT2D eigenvalue weighted by Gasteiger charge is 2.16. The van der Waals surface area contributed by atoms with Gasteiger partial charge < -0.3 is 24.1 Å². The quantitative estimate of drug-likeness (QED) is 0.561. The number of hydrogen-bond donors (Lipinski definition) is 2. The maximum Gasteiger partial charge on any atom is 0.325 e. The van der Waals surface area contributed by atoms with Crippen molar-refractivity contribution in [2.75, 3.05) is 25.0 Å². The molecule has 1 aliphatic rings. The first-order valence-electron chi connectivity index (χ1n) is 9.20. The third-order valence-corrected chi connectivity index (χ3v) is 5.42. The van der Waals surface area contributed by atoms with Crippen LogP contribution in [0.15, 0.2) is 47.6 Å². The molecule has 160 valence electrons. The number of nitrogens with one attached hydrogen (secondary N) is 2. The van der Waals surface area contributed by atoms with Gasteiger partial charge in [-0.2, -0.15) is 0 Å². The lowest BCUT2D eigenvalue weighted by Crippen LogP contribution is -2.35. The number of aromatic nitrogens is 3. The molecule has 0 radical (unpaired) electrons. The summed E-state index contributed by atoms with van der Waals surface area (Å²) in [5, 5.41) is 13.7. The second-order valence-corrected chi connectivity index (χ2v) is 7.40. The van der Waals surface area contributed by atoms with E-state index >= 15 is 0 Å². The molecule has 4 rings (SSSR count). The van der Waals surface area contributed by atoms with E-state index in [2.05, 4.69) is 20.8 Å². The van der Waals surface area contributed by atoms with Crippen LogP contribution >= 0.6 is 11.8 Å². The summed E-state index contributed by atoms with van der Waals surface area (Å²) >= 11 is 1.18. The number of urea groups is 1. The molecule has 0 saturated heterocycles. The molecule has 0 spiro atoms. The molecule has 0 atom stereocenters. The Morgan fingerprint density at radius 1 is 1.13 bits per heavy atom. The lowest BCUT2D eigenvalue weighted by molar-refractivity contribution is -0.117. The summed E-state index contributed by atoms with van der Waals surface area (Å²) in [4.78, 5) is 24.2. The lowest BCUT2D eigenvalue weighted by Gasteiger charge is -2.07. The molecule has 31 heavy (non-hydrogen) atoms. The van der Waals surface area contributed by atoms with E-state index in [1.54, 1.807) is 29.9 Å². The van der Waals surface area contributed by atoms with Gasteiger partial charge in [0.25, 0.3) is 0 Å². The van der Waals surface area contributed by atoms with Crippen molar-refractivity contribution in [1.29, 1.82) is 0 Å². The highest BCUT2D eigenvalue weighted by molar-refractivity contribution is 7.99. The number of imide groups is 1. The molecule has 3 aromatic rings. The Hall–Kier alpha value is -3.73.